The first-order valence-electron chi connectivity index (χ1n) is 6.12. The van der Waals surface area contributed by atoms with Gasteiger partial charge in [-0.05, 0) is 32.3 Å². The number of rotatable bonds is 5. The molecule has 0 amide bonds. The number of nitrogens with zero attached hydrogens (tertiary/aromatic N) is 2. The minimum Gasteiger partial charge on any atom is -0.377 e. The van der Waals surface area contributed by atoms with Gasteiger partial charge in [0.2, 0.25) is 0 Å². The summed E-state index contributed by atoms with van der Waals surface area (Å²) in [4.78, 5) is 0. The maximum Gasteiger partial charge on any atom is 0.0848 e. The van der Waals surface area contributed by atoms with Gasteiger partial charge in [-0.2, -0.15) is 5.10 Å². The number of hydrazine groups is 1. The Morgan fingerprint density at radius 3 is 2.71 bits per heavy atom. The molecule has 1 aromatic heterocycles. The summed E-state index contributed by atoms with van der Waals surface area (Å²) in [6.07, 6.45) is 4.22. The number of ether oxygens (including phenoxy) is 1. The summed E-state index contributed by atoms with van der Waals surface area (Å²) in [5.74, 6) is 5.69. The molecule has 0 radical (unpaired) electrons. The van der Waals surface area contributed by atoms with Gasteiger partial charge in [-0.25, -0.2) is 0 Å². The molecule has 5 heteroatoms. The number of aryl methyl sites for hydroxylation is 2. The number of hydrogen-bond acceptors (Lipinski definition) is 4. The Balaban J connectivity index is 2.12. The van der Waals surface area contributed by atoms with E-state index in [9.17, 15) is 0 Å². The van der Waals surface area contributed by atoms with E-state index in [4.69, 9.17) is 10.6 Å². The van der Waals surface area contributed by atoms with Gasteiger partial charge in [-0.1, -0.05) is 0 Å². The quantitative estimate of drug-likeness (QED) is 0.584. The van der Waals surface area contributed by atoms with Crippen LogP contribution in [0.25, 0.3) is 0 Å². The Labute approximate surface area is 102 Å². The molecule has 1 saturated carbocycles. The smallest absolute Gasteiger partial charge is 0.0848 e. The average Bonchev–Trinajstić information content (AvgIpc) is 2.55. The molecule has 1 heterocycles. The lowest BCUT2D eigenvalue weighted by atomic mass is 9.73. The van der Waals surface area contributed by atoms with Crippen LogP contribution in [0.3, 0.4) is 0 Å². The van der Waals surface area contributed by atoms with Crippen LogP contribution in [0.5, 0.6) is 0 Å². The van der Waals surface area contributed by atoms with Gasteiger partial charge < -0.3 is 4.74 Å². The molecule has 1 unspecified atom stereocenters. The standard InChI is InChI=1S/C12H22N4O/c1-9-7-10(16(2)15-9)8-11(14-13)12(17-3)5-4-6-12/h7,11,14H,4-6,8,13H2,1-3H3. The van der Waals surface area contributed by atoms with Gasteiger partial charge in [0, 0.05) is 26.3 Å². The zero-order chi connectivity index (χ0) is 12.5. The van der Waals surface area contributed by atoms with Crippen molar-refractivity contribution in [2.45, 2.75) is 44.2 Å². The largest absolute Gasteiger partial charge is 0.377 e. The summed E-state index contributed by atoms with van der Waals surface area (Å²) in [5, 5.41) is 4.36. The van der Waals surface area contributed by atoms with E-state index in [-0.39, 0.29) is 11.6 Å². The van der Waals surface area contributed by atoms with E-state index in [1.165, 1.54) is 12.1 Å². The predicted molar refractivity (Wildman–Crippen MR) is 66.4 cm³/mol. The van der Waals surface area contributed by atoms with Crippen LogP contribution in [-0.4, -0.2) is 28.5 Å². The second-order valence-electron chi connectivity index (χ2n) is 4.95. The summed E-state index contributed by atoms with van der Waals surface area (Å²) >= 11 is 0. The number of nitrogens with two attached hydrogens (primary N) is 1. The topological polar surface area (TPSA) is 65.1 Å². The van der Waals surface area contributed by atoms with Crippen LogP contribution in [0.1, 0.15) is 30.7 Å². The van der Waals surface area contributed by atoms with E-state index in [1.54, 1.807) is 7.11 Å². The molecule has 0 spiro atoms. The van der Waals surface area contributed by atoms with E-state index >= 15 is 0 Å². The van der Waals surface area contributed by atoms with Crippen LogP contribution in [0.4, 0.5) is 0 Å². The summed E-state index contributed by atoms with van der Waals surface area (Å²) in [7, 11) is 3.74. The fraction of sp³-hybridized carbons (Fsp3) is 0.750. The molecule has 3 N–H and O–H groups in total. The van der Waals surface area contributed by atoms with Crippen molar-refractivity contribution in [1.29, 1.82) is 0 Å². The monoisotopic (exact) mass is 238 g/mol. The van der Waals surface area contributed by atoms with Gasteiger partial charge in [0.1, 0.15) is 0 Å². The molecule has 2 rings (SSSR count). The molecule has 1 aliphatic rings. The molecule has 5 nitrogen and oxygen atoms in total. The summed E-state index contributed by atoms with van der Waals surface area (Å²) in [6, 6.07) is 2.25. The Morgan fingerprint density at radius 2 is 2.35 bits per heavy atom. The van der Waals surface area contributed by atoms with E-state index < -0.39 is 0 Å². The Kier molecular flexibility index (Phi) is 3.51. The molecule has 1 aliphatic carbocycles. The average molecular weight is 238 g/mol. The molecule has 0 aliphatic heterocycles. The molecule has 1 atom stereocenters. The van der Waals surface area contributed by atoms with Crippen molar-refractivity contribution in [3.63, 3.8) is 0 Å². The van der Waals surface area contributed by atoms with E-state index in [0.717, 1.165) is 25.0 Å². The Hall–Kier alpha value is -0.910. The molecule has 0 saturated heterocycles. The van der Waals surface area contributed by atoms with Gasteiger partial charge in [-0.15, -0.1) is 0 Å². The second kappa shape index (κ2) is 4.76. The molecule has 0 aromatic carbocycles. The minimum absolute atomic E-state index is 0.0904. The van der Waals surface area contributed by atoms with Crippen molar-refractivity contribution in [3.8, 4) is 0 Å². The maximum absolute atomic E-state index is 5.69. The second-order valence-corrected chi connectivity index (χ2v) is 4.95. The molecule has 0 bridgehead atoms. The van der Waals surface area contributed by atoms with Crippen molar-refractivity contribution in [2.75, 3.05) is 7.11 Å². The fourth-order valence-electron chi connectivity index (χ4n) is 2.68. The first-order chi connectivity index (χ1) is 8.11. The van der Waals surface area contributed by atoms with Gasteiger partial charge in [0.25, 0.3) is 0 Å². The number of aromatic nitrogens is 2. The Morgan fingerprint density at radius 1 is 1.65 bits per heavy atom. The Bertz CT molecular complexity index is 378. The van der Waals surface area contributed by atoms with Crippen molar-refractivity contribution in [2.24, 2.45) is 12.9 Å². The molecular weight excluding hydrogens is 216 g/mol. The SMILES string of the molecule is COC1(C(Cc2cc(C)nn2C)NN)CCC1. The molecule has 17 heavy (non-hydrogen) atoms. The van der Waals surface area contributed by atoms with E-state index in [0.29, 0.717) is 0 Å². The molecule has 1 fully saturated rings. The van der Waals surface area contributed by atoms with Gasteiger partial charge in [0.05, 0.1) is 17.3 Å². The van der Waals surface area contributed by atoms with Crippen molar-refractivity contribution >= 4 is 0 Å². The van der Waals surface area contributed by atoms with Crippen LogP contribution in [0, 0.1) is 6.92 Å². The van der Waals surface area contributed by atoms with Gasteiger partial charge >= 0.3 is 0 Å². The maximum atomic E-state index is 5.69. The molecule has 96 valence electrons. The van der Waals surface area contributed by atoms with Crippen LogP contribution in [0.2, 0.25) is 0 Å². The first kappa shape index (κ1) is 12.5. The highest BCUT2D eigenvalue weighted by Gasteiger charge is 2.44. The third-order valence-corrected chi connectivity index (χ3v) is 3.95. The van der Waals surface area contributed by atoms with Crippen LogP contribution < -0.4 is 11.3 Å². The van der Waals surface area contributed by atoms with Gasteiger partial charge in [0.15, 0.2) is 0 Å². The highest BCUT2D eigenvalue weighted by atomic mass is 16.5. The van der Waals surface area contributed by atoms with Crippen LogP contribution in [0.15, 0.2) is 6.07 Å². The summed E-state index contributed by atoms with van der Waals surface area (Å²) in [6.45, 7) is 2.00. The number of hydrogen-bond donors (Lipinski definition) is 2. The van der Waals surface area contributed by atoms with Crippen molar-refractivity contribution < 1.29 is 4.74 Å². The predicted octanol–water partition coefficient (Wildman–Crippen LogP) is 0.672. The van der Waals surface area contributed by atoms with E-state index in [1.807, 2.05) is 18.7 Å². The number of nitrogens with one attached hydrogen (secondary N) is 1. The van der Waals surface area contributed by atoms with Crippen molar-refractivity contribution in [3.05, 3.63) is 17.5 Å². The van der Waals surface area contributed by atoms with Crippen LogP contribution in [-0.2, 0) is 18.2 Å². The summed E-state index contributed by atoms with van der Waals surface area (Å²) < 4.78 is 7.59. The number of methoxy groups -OCH3 is 1. The van der Waals surface area contributed by atoms with E-state index in [2.05, 4.69) is 16.6 Å². The van der Waals surface area contributed by atoms with Crippen LogP contribution >= 0.6 is 0 Å². The minimum atomic E-state index is -0.0904. The lowest BCUT2D eigenvalue weighted by molar-refractivity contribution is -0.0985. The normalized spacial score (nSPS) is 20.0. The zero-order valence-electron chi connectivity index (χ0n) is 10.9. The fourth-order valence-corrected chi connectivity index (χ4v) is 2.68. The zero-order valence-corrected chi connectivity index (χ0v) is 10.9. The highest BCUT2D eigenvalue weighted by Crippen LogP contribution is 2.38. The lowest BCUT2D eigenvalue weighted by Gasteiger charge is -2.46. The third-order valence-electron chi connectivity index (χ3n) is 3.95. The first-order valence-corrected chi connectivity index (χ1v) is 6.12. The molecule has 1 aromatic rings. The van der Waals surface area contributed by atoms with Gasteiger partial charge in [-0.3, -0.25) is 16.0 Å². The highest BCUT2D eigenvalue weighted by molar-refractivity contribution is 5.13. The summed E-state index contributed by atoms with van der Waals surface area (Å²) in [5.41, 5.74) is 5.05. The molecular formula is C12H22N4O. The third kappa shape index (κ3) is 2.22. The van der Waals surface area contributed by atoms with Crippen molar-refractivity contribution in [1.82, 2.24) is 15.2 Å². The lowest BCUT2D eigenvalue weighted by Crippen LogP contribution is -2.59.